The van der Waals surface area contributed by atoms with E-state index in [1.54, 1.807) is 30.3 Å². The summed E-state index contributed by atoms with van der Waals surface area (Å²) in [5.74, 6) is -0.170. The van der Waals surface area contributed by atoms with E-state index in [0.717, 1.165) is 11.3 Å². The van der Waals surface area contributed by atoms with Crippen molar-refractivity contribution in [3.63, 3.8) is 0 Å². The third-order valence-electron chi connectivity index (χ3n) is 4.71. The minimum Gasteiger partial charge on any atom is -0.492 e. The number of rotatable bonds is 10. The monoisotopic (exact) mass is 450 g/mol. The molecule has 0 bridgehead atoms. The van der Waals surface area contributed by atoms with Crippen molar-refractivity contribution >= 4 is 23.4 Å². The molecule has 172 valence electrons. The van der Waals surface area contributed by atoms with Crippen LogP contribution in [0.3, 0.4) is 0 Å². The van der Waals surface area contributed by atoms with Gasteiger partial charge < -0.3 is 20.3 Å². The van der Waals surface area contributed by atoms with Gasteiger partial charge in [0.25, 0.3) is 5.91 Å². The predicted molar refractivity (Wildman–Crippen MR) is 122 cm³/mol. The number of pyridine rings is 1. The second-order valence-electron chi connectivity index (χ2n) is 7.37. The highest BCUT2D eigenvalue weighted by Crippen LogP contribution is 2.11. The molecule has 0 atom stereocenters. The molecule has 1 aromatic carbocycles. The Labute approximate surface area is 191 Å². The molecule has 3 rings (SSSR count). The summed E-state index contributed by atoms with van der Waals surface area (Å²) < 4.78 is 7.09. The largest absolute Gasteiger partial charge is 0.492 e. The summed E-state index contributed by atoms with van der Waals surface area (Å²) in [7, 11) is 1.69. The second-order valence-corrected chi connectivity index (χ2v) is 7.37. The van der Waals surface area contributed by atoms with Crippen molar-refractivity contribution in [2.24, 2.45) is 0 Å². The molecular weight excluding hydrogens is 424 g/mol. The number of ether oxygens (including phenoxy) is 1. The van der Waals surface area contributed by atoms with Gasteiger partial charge in [-0.15, -0.1) is 0 Å². The third-order valence-corrected chi connectivity index (χ3v) is 4.71. The number of hydrogen-bond acceptors (Lipinski definition) is 6. The zero-order valence-corrected chi connectivity index (χ0v) is 18.5. The highest BCUT2D eigenvalue weighted by Gasteiger charge is 2.12. The van der Waals surface area contributed by atoms with E-state index < -0.39 is 5.91 Å². The van der Waals surface area contributed by atoms with Gasteiger partial charge in [-0.1, -0.05) is 17.7 Å². The van der Waals surface area contributed by atoms with Gasteiger partial charge in [0.15, 0.2) is 0 Å². The van der Waals surface area contributed by atoms with Gasteiger partial charge in [-0.25, -0.2) is 0 Å². The highest BCUT2D eigenvalue weighted by molar-refractivity contribution is 5.99. The Kier molecular flexibility index (Phi) is 8.12. The lowest BCUT2D eigenvalue weighted by atomic mass is 10.2. The van der Waals surface area contributed by atoms with E-state index in [0.29, 0.717) is 24.4 Å². The molecule has 33 heavy (non-hydrogen) atoms. The number of hydrogen-bond donors (Lipinski definition) is 2. The Hall–Kier alpha value is -4.21. The lowest BCUT2D eigenvalue weighted by Gasteiger charge is -2.17. The van der Waals surface area contributed by atoms with Crippen LogP contribution in [-0.2, 0) is 16.1 Å². The number of nitrogens with zero attached hydrogens (tertiary/aromatic N) is 4. The van der Waals surface area contributed by atoms with Crippen LogP contribution >= 0.6 is 0 Å². The maximum Gasteiger partial charge on any atom is 0.251 e. The van der Waals surface area contributed by atoms with E-state index in [2.05, 4.69) is 20.7 Å². The van der Waals surface area contributed by atoms with Crippen LogP contribution in [0.2, 0.25) is 0 Å². The Morgan fingerprint density at radius 2 is 1.82 bits per heavy atom. The lowest BCUT2D eigenvalue weighted by Crippen LogP contribution is -2.33. The van der Waals surface area contributed by atoms with Gasteiger partial charge in [-0.3, -0.25) is 24.0 Å². The minimum atomic E-state index is -0.409. The molecule has 0 saturated heterocycles. The van der Waals surface area contributed by atoms with Crippen LogP contribution < -0.4 is 15.4 Å². The Morgan fingerprint density at radius 3 is 2.55 bits per heavy atom. The molecule has 0 aliphatic heterocycles. The number of amides is 3. The van der Waals surface area contributed by atoms with Crippen molar-refractivity contribution in [1.82, 2.24) is 25.0 Å². The number of anilines is 1. The van der Waals surface area contributed by atoms with Crippen LogP contribution in [0, 0.1) is 6.92 Å². The van der Waals surface area contributed by atoms with Crippen LogP contribution in [0.4, 0.5) is 5.69 Å². The van der Waals surface area contributed by atoms with Crippen LogP contribution in [0.25, 0.3) is 0 Å². The van der Waals surface area contributed by atoms with Gasteiger partial charge in [0, 0.05) is 31.2 Å². The van der Waals surface area contributed by atoms with Crippen molar-refractivity contribution in [2.45, 2.75) is 13.5 Å². The number of carbonyl (C=O) groups excluding carboxylic acids is 3. The molecule has 3 aromatic rings. The third kappa shape index (κ3) is 7.46. The first-order chi connectivity index (χ1) is 15.9. The fraction of sp³-hybridized carbons (Fsp3) is 0.261. The maximum atomic E-state index is 12.4. The van der Waals surface area contributed by atoms with E-state index in [9.17, 15) is 14.4 Å². The van der Waals surface area contributed by atoms with Crippen LogP contribution in [-0.4, -0.2) is 64.1 Å². The van der Waals surface area contributed by atoms with Gasteiger partial charge in [-0.05, 0) is 31.2 Å². The molecule has 2 N–H and O–H groups in total. The Morgan fingerprint density at radius 1 is 1.09 bits per heavy atom. The predicted octanol–water partition coefficient (Wildman–Crippen LogP) is 1.49. The average Bonchev–Trinajstić information content (AvgIpc) is 3.25. The quantitative estimate of drug-likeness (QED) is 0.483. The number of benzene rings is 1. The van der Waals surface area contributed by atoms with E-state index in [1.807, 2.05) is 31.2 Å². The van der Waals surface area contributed by atoms with Crippen LogP contribution in [0.1, 0.15) is 15.9 Å². The van der Waals surface area contributed by atoms with Crippen molar-refractivity contribution in [2.75, 3.05) is 32.1 Å². The number of aryl methyl sites for hydroxylation is 1. The van der Waals surface area contributed by atoms with Crippen molar-refractivity contribution in [1.29, 1.82) is 0 Å². The summed E-state index contributed by atoms with van der Waals surface area (Å²) >= 11 is 0. The van der Waals surface area contributed by atoms with E-state index in [1.165, 1.54) is 23.3 Å². The second kappa shape index (κ2) is 11.4. The zero-order chi connectivity index (χ0) is 23.6. The van der Waals surface area contributed by atoms with Crippen LogP contribution in [0.15, 0.2) is 61.2 Å². The van der Waals surface area contributed by atoms with Gasteiger partial charge in [0.2, 0.25) is 11.8 Å². The summed E-state index contributed by atoms with van der Waals surface area (Å²) in [6.45, 7) is 2.63. The molecule has 0 fully saturated rings. The highest BCUT2D eigenvalue weighted by atomic mass is 16.5. The first kappa shape index (κ1) is 23.5. The van der Waals surface area contributed by atoms with Crippen molar-refractivity contribution in [3.05, 3.63) is 72.3 Å². The fourth-order valence-corrected chi connectivity index (χ4v) is 2.80. The summed E-state index contributed by atoms with van der Waals surface area (Å²) in [4.78, 5) is 41.9. The molecule has 2 aromatic heterocycles. The van der Waals surface area contributed by atoms with Crippen molar-refractivity contribution in [3.8, 4) is 5.75 Å². The number of nitrogens with one attached hydrogen (secondary N) is 2. The molecule has 3 amide bonds. The number of likely N-dealkylation sites (N-methyl/N-ethyl adjacent to an activating group) is 1. The topological polar surface area (TPSA) is 118 Å². The molecule has 10 nitrogen and oxygen atoms in total. The van der Waals surface area contributed by atoms with Crippen LogP contribution in [0.5, 0.6) is 5.75 Å². The molecule has 0 aliphatic rings. The minimum absolute atomic E-state index is 0.0235. The summed E-state index contributed by atoms with van der Waals surface area (Å²) in [5, 5.41) is 9.26. The van der Waals surface area contributed by atoms with Gasteiger partial charge >= 0.3 is 0 Å². The number of aromatic nitrogens is 3. The molecule has 0 aliphatic carbocycles. The van der Waals surface area contributed by atoms with E-state index >= 15 is 0 Å². The first-order valence-electron chi connectivity index (χ1n) is 10.3. The molecule has 2 heterocycles. The summed E-state index contributed by atoms with van der Waals surface area (Å²) in [6.07, 6.45) is 5.99. The zero-order valence-electron chi connectivity index (χ0n) is 18.5. The SMILES string of the molecule is Cc1ccc(OCCN(C)C(=O)Cn2cc(NC(=O)CNC(=O)c3ccncc3)cn2)cc1. The van der Waals surface area contributed by atoms with E-state index in [-0.39, 0.29) is 24.9 Å². The Bertz CT molecular complexity index is 1080. The average molecular weight is 450 g/mol. The molecular formula is C23H26N6O4. The van der Waals surface area contributed by atoms with E-state index in [4.69, 9.17) is 4.74 Å². The molecule has 0 spiro atoms. The van der Waals surface area contributed by atoms with Crippen molar-refractivity contribution < 1.29 is 19.1 Å². The molecule has 0 saturated carbocycles. The molecule has 10 heteroatoms. The number of carbonyl (C=O) groups is 3. The summed E-state index contributed by atoms with van der Waals surface area (Å²) in [6, 6.07) is 10.8. The lowest BCUT2D eigenvalue weighted by molar-refractivity contribution is -0.131. The van der Waals surface area contributed by atoms with Gasteiger partial charge in [0.1, 0.15) is 18.9 Å². The standard InChI is InChI=1S/C23H26N6O4/c1-17-3-5-20(6-4-17)33-12-11-28(2)22(31)16-29-15-19(13-26-29)27-21(30)14-25-23(32)18-7-9-24-10-8-18/h3-10,13,15H,11-12,14,16H2,1-2H3,(H,25,32)(H,27,30). The summed E-state index contributed by atoms with van der Waals surface area (Å²) in [5.41, 5.74) is 1.99. The Balaban J connectivity index is 1.39. The molecule has 0 radical (unpaired) electrons. The fourth-order valence-electron chi connectivity index (χ4n) is 2.80. The molecule has 0 unspecified atom stereocenters. The first-order valence-corrected chi connectivity index (χ1v) is 10.3. The normalized spacial score (nSPS) is 10.4. The van der Waals surface area contributed by atoms with Gasteiger partial charge in [-0.2, -0.15) is 5.10 Å². The maximum absolute atomic E-state index is 12.4. The van der Waals surface area contributed by atoms with Gasteiger partial charge in [0.05, 0.1) is 25.0 Å². The smallest absolute Gasteiger partial charge is 0.251 e.